The lowest BCUT2D eigenvalue weighted by Gasteiger charge is -2.34. The van der Waals surface area contributed by atoms with Crippen LogP contribution in [0.3, 0.4) is 0 Å². The van der Waals surface area contributed by atoms with Crippen molar-refractivity contribution < 1.29 is 0 Å². The Morgan fingerprint density at radius 1 is 1.17 bits per heavy atom. The lowest BCUT2D eigenvalue weighted by atomic mass is 9.98. The van der Waals surface area contributed by atoms with Crippen LogP contribution in [0.15, 0.2) is 4.99 Å². The zero-order valence-electron chi connectivity index (χ0n) is 15.6. The van der Waals surface area contributed by atoms with E-state index in [9.17, 15) is 0 Å². The summed E-state index contributed by atoms with van der Waals surface area (Å²) in [5, 5.41) is 7.18. The van der Waals surface area contributed by atoms with Crippen LogP contribution in [0.4, 0.5) is 0 Å². The number of hydrogen-bond acceptors (Lipinski definition) is 3. The molecule has 0 spiro atoms. The molecule has 2 aliphatic heterocycles. The zero-order chi connectivity index (χ0) is 16.7. The molecule has 5 nitrogen and oxygen atoms in total. The highest BCUT2D eigenvalue weighted by Crippen LogP contribution is 2.14. The Bertz CT molecular complexity index is 360. The van der Waals surface area contributed by atoms with E-state index in [-0.39, 0.29) is 0 Å². The number of aliphatic imine (C=N–C) groups is 1. The smallest absolute Gasteiger partial charge is 0.191 e. The second-order valence-electron chi connectivity index (χ2n) is 7.84. The largest absolute Gasteiger partial charge is 0.356 e. The molecule has 2 saturated heterocycles. The van der Waals surface area contributed by atoms with Gasteiger partial charge >= 0.3 is 0 Å². The molecule has 0 aromatic rings. The normalized spacial score (nSPS) is 25.8. The average molecular weight is 324 g/mol. The summed E-state index contributed by atoms with van der Waals surface area (Å²) in [6.07, 6.45) is 5.10. The van der Waals surface area contributed by atoms with Gasteiger partial charge in [-0.25, -0.2) is 0 Å². The van der Waals surface area contributed by atoms with E-state index >= 15 is 0 Å². The number of nitrogens with one attached hydrogen (secondary N) is 2. The van der Waals surface area contributed by atoms with Gasteiger partial charge in [-0.2, -0.15) is 0 Å². The van der Waals surface area contributed by atoms with E-state index in [2.05, 4.69) is 46.3 Å². The van der Waals surface area contributed by atoms with Crippen LogP contribution in [-0.4, -0.2) is 75.2 Å². The third-order valence-corrected chi connectivity index (χ3v) is 5.06. The maximum absolute atomic E-state index is 4.42. The summed E-state index contributed by atoms with van der Waals surface area (Å²) >= 11 is 0. The van der Waals surface area contributed by atoms with Crippen LogP contribution in [0.5, 0.6) is 0 Å². The number of guanidine groups is 1. The van der Waals surface area contributed by atoms with E-state index in [1.807, 2.05) is 7.05 Å². The SMILES string of the molecule is CN=C(NCC1CCCN(C)C1)NC1CCN(CC(C)C)CC1. The van der Waals surface area contributed by atoms with Crippen LogP contribution in [-0.2, 0) is 0 Å². The topological polar surface area (TPSA) is 42.9 Å². The quantitative estimate of drug-likeness (QED) is 0.596. The number of nitrogens with zero attached hydrogens (tertiary/aromatic N) is 3. The first-order valence-electron chi connectivity index (χ1n) is 9.45. The van der Waals surface area contributed by atoms with Crippen LogP contribution in [0, 0.1) is 11.8 Å². The van der Waals surface area contributed by atoms with Crippen molar-refractivity contribution >= 4 is 5.96 Å². The minimum absolute atomic E-state index is 0.568. The molecule has 2 rings (SSSR count). The Morgan fingerprint density at radius 3 is 2.52 bits per heavy atom. The molecule has 0 radical (unpaired) electrons. The van der Waals surface area contributed by atoms with Gasteiger partial charge < -0.3 is 20.4 Å². The van der Waals surface area contributed by atoms with Crippen LogP contribution in [0.25, 0.3) is 0 Å². The molecule has 0 saturated carbocycles. The standard InChI is InChI=1S/C18H37N5/c1-15(2)13-23-10-7-17(8-11-23)21-18(19-3)20-12-16-6-5-9-22(4)14-16/h15-17H,5-14H2,1-4H3,(H2,19,20,21). The first-order chi connectivity index (χ1) is 11.1. The van der Waals surface area contributed by atoms with Gasteiger partial charge in [-0.05, 0) is 51.1 Å². The molecular formula is C18H37N5. The fraction of sp³-hybridized carbons (Fsp3) is 0.944. The van der Waals surface area contributed by atoms with Crippen molar-refractivity contribution in [2.45, 2.75) is 45.6 Å². The molecule has 2 N–H and O–H groups in total. The van der Waals surface area contributed by atoms with Gasteiger partial charge in [-0.15, -0.1) is 0 Å². The zero-order valence-corrected chi connectivity index (χ0v) is 15.6. The second-order valence-corrected chi connectivity index (χ2v) is 7.84. The Hall–Kier alpha value is -0.810. The fourth-order valence-corrected chi connectivity index (χ4v) is 3.85. The highest BCUT2D eigenvalue weighted by atomic mass is 15.2. The highest BCUT2D eigenvalue weighted by Gasteiger charge is 2.21. The van der Waals surface area contributed by atoms with Gasteiger partial charge in [0.2, 0.25) is 0 Å². The van der Waals surface area contributed by atoms with Crippen molar-refractivity contribution in [3.63, 3.8) is 0 Å². The van der Waals surface area contributed by atoms with Gasteiger partial charge in [0, 0.05) is 45.8 Å². The molecule has 0 bridgehead atoms. The molecule has 0 aromatic carbocycles. The minimum Gasteiger partial charge on any atom is -0.356 e. The van der Waals surface area contributed by atoms with Crippen molar-refractivity contribution in [2.75, 3.05) is 53.4 Å². The molecular weight excluding hydrogens is 286 g/mol. The van der Waals surface area contributed by atoms with Gasteiger partial charge in [0.05, 0.1) is 0 Å². The number of likely N-dealkylation sites (tertiary alicyclic amines) is 2. The lowest BCUT2D eigenvalue weighted by molar-refractivity contribution is 0.186. The summed E-state index contributed by atoms with van der Waals surface area (Å²) < 4.78 is 0. The van der Waals surface area contributed by atoms with Crippen LogP contribution in [0.2, 0.25) is 0 Å². The van der Waals surface area contributed by atoms with Gasteiger partial charge in [0.25, 0.3) is 0 Å². The summed E-state index contributed by atoms with van der Waals surface area (Å²) in [6, 6.07) is 0.568. The van der Waals surface area contributed by atoms with Gasteiger partial charge in [-0.1, -0.05) is 13.8 Å². The van der Waals surface area contributed by atoms with Gasteiger partial charge in [0.1, 0.15) is 0 Å². The Kier molecular flexibility index (Phi) is 7.63. The Labute approximate surface area is 142 Å². The van der Waals surface area contributed by atoms with E-state index in [1.165, 1.54) is 58.4 Å². The molecule has 1 unspecified atom stereocenters. The first kappa shape index (κ1) is 18.5. The van der Waals surface area contributed by atoms with Crippen molar-refractivity contribution in [1.82, 2.24) is 20.4 Å². The van der Waals surface area contributed by atoms with Crippen molar-refractivity contribution in [3.05, 3.63) is 0 Å². The molecule has 2 aliphatic rings. The number of piperidine rings is 2. The monoisotopic (exact) mass is 323 g/mol. The predicted molar refractivity (Wildman–Crippen MR) is 99.0 cm³/mol. The van der Waals surface area contributed by atoms with Crippen molar-refractivity contribution in [3.8, 4) is 0 Å². The fourth-order valence-electron chi connectivity index (χ4n) is 3.85. The van der Waals surface area contributed by atoms with Crippen LogP contribution in [0.1, 0.15) is 39.5 Å². The predicted octanol–water partition coefficient (Wildman–Crippen LogP) is 1.61. The maximum atomic E-state index is 4.42. The van der Waals surface area contributed by atoms with Crippen LogP contribution >= 0.6 is 0 Å². The molecule has 134 valence electrons. The molecule has 0 aromatic heterocycles. The molecule has 0 amide bonds. The van der Waals surface area contributed by atoms with E-state index < -0.39 is 0 Å². The van der Waals surface area contributed by atoms with E-state index in [0.717, 1.165) is 24.3 Å². The van der Waals surface area contributed by atoms with E-state index in [4.69, 9.17) is 0 Å². The molecule has 1 atom stereocenters. The van der Waals surface area contributed by atoms with E-state index in [0.29, 0.717) is 6.04 Å². The highest BCUT2D eigenvalue weighted by molar-refractivity contribution is 5.79. The third-order valence-electron chi connectivity index (χ3n) is 5.06. The van der Waals surface area contributed by atoms with Crippen molar-refractivity contribution in [1.29, 1.82) is 0 Å². The third kappa shape index (κ3) is 6.68. The Morgan fingerprint density at radius 2 is 1.91 bits per heavy atom. The van der Waals surface area contributed by atoms with Gasteiger partial charge in [0.15, 0.2) is 5.96 Å². The summed E-state index contributed by atoms with van der Waals surface area (Å²) in [5.74, 6) is 2.50. The molecule has 2 heterocycles. The van der Waals surface area contributed by atoms with Crippen molar-refractivity contribution in [2.24, 2.45) is 16.8 Å². The minimum atomic E-state index is 0.568. The summed E-state index contributed by atoms with van der Waals surface area (Å²) in [7, 11) is 4.11. The second kappa shape index (κ2) is 9.48. The van der Waals surface area contributed by atoms with Gasteiger partial charge in [-0.3, -0.25) is 4.99 Å². The summed E-state index contributed by atoms with van der Waals surface area (Å²) in [5.41, 5.74) is 0. The number of rotatable bonds is 5. The molecule has 23 heavy (non-hydrogen) atoms. The summed E-state index contributed by atoms with van der Waals surface area (Å²) in [4.78, 5) is 9.46. The van der Waals surface area contributed by atoms with E-state index in [1.54, 1.807) is 0 Å². The molecule has 0 aliphatic carbocycles. The summed E-state index contributed by atoms with van der Waals surface area (Å²) in [6.45, 7) is 11.7. The van der Waals surface area contributed by atoms with Crippen LogP contribution < -0.4 is 10.6 Å². The number of hydrogen-bond donors (Lipinski definition) is 2. The lowest BCUT2D eigenvalue weighted by Crippen LogP contribution is -2.50. The average Bonchev–Trinajstić information content (AvgIpc) is 2.52. The molecule has 2 fully saturated rings. The maximum Gasteiger partial charge on any atom is 0.191 e. The first-order valence-corrected chi connectivity index (χ1v) is 9.45. The molecule has 5 heteroatoms. The Balaban J connectivity index is 1.67.